The fraction of sp³-hybridized carbons (Fsp3) is 0.500. The van der Waals surface area contributed by atoms with Gasteiger partial charge in [-0.15, -0.1) is 0 Å². The second-order valence-corrected chi connectivity index (χ2v) is 3.01. The summed E-state index contributed by atoms with van der Waals surface area (Å²) in [6, 6.07) is 1.08. The molecule has 0 aliphatic carbocycles. The van der Waals surface area contributed by atoms with Gasteiger partial charge < -0.3 is 5.32 Å². The molecule has 1 rings (SSSR count). The van der Waals surface area contributed by atoms with Gasteiger partial charge in [-0.1, -0.05) is 0 Å². The molecular formula is C8H11F2N3O. The highest BCUT2D eigenvalue weighted by Crippen LogP contribution is 2.25. The van der Waals surface area contributed by atoms with E-state index in [-0.39, 0.29) is 5.69 Å². The minimum absolute atomic E-state index is 0.115. The van der Waals surface area contributed by atoms with E-state index in [1.807, 2.05) is 0 Å². The lowest BCUT2D eigenvalue weighted by Gasteiger charge is -2.03. The second-order valence-electron chi connectivity index (χ2n) is 3.01. The van der Waals surface area contributed by atoms with E-state index >= 15 is 0 Å². The van der Waals surface area contributed by atoms with Gasteiger partial charge >= 0.3 is 0 Å². The van der Waals surface area contributed by atoms with Crippen molar-refractivity contribution in [1.82, 2.24) is 15.1 Å². The molecule has 0 saturated heterocycles. The summed E-state index contributed by atoms with van der Waals surface area (Å²) in [5.74, 6) is -3.46. The minimum Gasteiger partial charge on any atom is -0.354 e. The maximum Gasteiger partial charge on any atom is 0.288 e. The van der Waals surface area contributed by atoms with E-state index in [1.165, 1.54) is 14.1 Å². The maximum atomic E-state index is 12.8. The molecule has 78 valence electrons. The number of hydrogen-bond acceptors (Lipinski definition) is 2. The predicted octanol–water partition coefficient (Wildman–Crippen LogP) is 0.891. The monoisotopic (exact) mass is 203 g/mol. The Labute approximate surface area is 79.9 Å². The van der Waals surface area contributed by atoms with Crippen molar-refractivity contribution in [1.29, 1.82) is 0 Å². The van der Waals surface area contributed by atoms with E-state index in [0.29, 0.717) is 0 Å². The normalized spacial score (nSPS) is 11.5. The second kappa shape index (κ2) is 3.36. The quantitative estimate of drug-likeness (QED) is 0.776. The molecule has 0 spiro atoms. The predicted molar refractivity (Wildman–Crippen MR) is 46.2 cm³/mol. The van der Waals surface area contributed by atoms with E-state index in [9.17, 15) is 13.6 Å². The van der Waals surface area contributed by atoms with Crippen LogP contribution >= 0.6 is 0 Å². The van der Waals surface area contributed by atoms with Gasteiger partial charge in [0.2, 0.25) is 0 Å². The molecule has 1 aromatic heterocycles. The first-order valence-electron chi connectivity index (χ1n) is 4.00. The molecule has 0 unspecified atom stereocenters. The van der Waals surface area contributed by atoms with Gasteiger partial charge in [0.25, 0.3) is 11.8 Å². The molecule has 4 nitrogen and oxygen atoms in total. The van der Waals surface area contributed by atoms with Crippen molar-refractivity contribution in [2.75, 3.05) is 7.05 Å². The zero-order valence-electron chi connectivity index (χ0n) is 8.14. The highest BCUT2D eigenvalue weighted by atomic mass is 19.3. The molecule has 0 aliphatic rings. The average Bonchev–Trinajstić information content (AvgIpc) is 2.45. The van der Waals surface area contributed by atoms with Gasteiger partial charge in [0.1, 0.15) is 11.4 Å². The van der Waals surface area contributed by atoms with E-state index in [4.69, 9.17) is 0 Å². The van der Waals surface area contributed by atoms with Crippen molar-refractivity contribution in [3.05, 3.63) is 17.5 Å². The molecule has 0 radical (unpaired) electrons. The van der Waals surface area contributed by atoms with Gasteiger partial charge in [0.15, 0.2) is 0 Å². The third kappa shape index (κ3) is 1.89. The molecule has 1 heterocycles. The van der Waals surface area contributed by atoms with E-state index in [1.54, 1.807) is 0 Å². The number of alkyl halides is 2. The summed E-state index contributed by atoms with van der Waals surface area (Å²) in [4.78, 5) is 11.2. The van der Waals surface area contributed by atoms with Crippen LogP contribution in [-0.2, 0) is 13.0 Å². The SMILES string of the molecule is CNC(=O)c1cc(C(C)(F)F)nn1C. The van der Waals surface area contributed by atoms with Crippen LogP contribution in [0.2, 0.25) is 0 Å². The van der Waals surface area contributed by atoms with Crippen molar-refractivity contribution in [3.63, 3.8) is 0 Å². The number of nitrogens with one attached hydrogen (secondary N) is 1. The fourth-order valence-corrected chi connectivity index (χ4v) is 1.02. The van der Waals surface area contributed by atoms with Crippen molar-refractivity contribution in [3.8, 4) is 0 Å². The van der Waals surface area contributed by atoms with E-state index in [2.05, 4.69) is 10.4 Å². The molecule has 0 fully saturated rings. The molecule has 0 bridgehead atoms. The number of aryl methyl sites for hydroxylation is 1. The minimum atomic E-state index is -3.02. The first-order valence-corrected chi connectivity index (χ1v) is 4.00. The summed E-state index contributed by atoms with van der Waals surface area (Å²) in [5.41, 5.74) is -0.289. The van der Waals surface area contributed by atoms with Crippen LogP contribution in [0.15, 0.2) is 6.07 Å². The number of amides is 1. The summed E-state index contributed by atoms with van der Waals surface area (Å²) in [6.07, 6.45) is 0. The van der Waals surface area contributed by atoms with Gasteiger partial charge in [-0.2, -0.15) is 13.9 Å². The standard InChI is InChI=1S/C8H11F2N3O/c1-8(9,10)6-4-5(7(14)11-2)13(3)12-6/h4H,1-3H3,(H,11,14). The number of rotatable bonds is 2. The maximum absolute atomic E-state index is 12.8. The van der Waals surface area contributed by atoms with Crippen LogP contribution < -0.4 is 5.32 Å². The third-order valence-corrected chi connectivity index (χ3v) is 1.79. The highest BCUT2D eigenvalue weighted by Gasteiger charge is 2.29. The van der Waals surface area contributed by atoms with Crippen LogP contribution in [0.4, 0.5) is 8.78 Å². The molecule has 1 amide bonds. The van der Waals surface area contributed by atoms with Gasteiger partial charge in [0.05, 0.1) is 0 Å². The third-order valence-electron chi connectivity index (χ3n) is 1.79. The lowest BCUT2D eigenvalue weighted by molar-refractivity contribution is 0.0122. The summed E-state index contributed by atoms with van der Waals surface area (Å²) >= 11 is 0. The lowest BCUT2D eigenvalue weighted by Crippen LogP contribution is -2.20. The Morgan fingerprint density at radius 3 is 2.57 bits per heavy atom. The van der Waals surface area contributed by atoms with Gasteiger partial charge in [-0.25, -0.2) is 0 Å². The molecule has 0 saturated carbocycles. The van der Waals surface area contributed by atoms with Crippen LogP contribution in [0, 0.1) is 0 Å². The Balaban J connectivity index is 3.12. The number of halogens is 2. The van der Waals surface area contributed by atoms with Crippen LogP contribution in [-0.4, -0.2) is 22.7 Å². The Morgan fingerprint density at radius 2 is 2.21 bits per heavy atom. The Morgan fingerprint density at radius 1 is 1.64 bits per heavy atom. The molecule has 1 N–H and O–H groups in total. The topological polar surface area (TPSA) is 46.9 Å². The Kier molecular flexibility index (Phi) is 2.55. The molecule has 14 heavy (non-hydrogen) atoms. The number of hydrogen-bond donors (Lipinski definition) is 1. The highest BCUT2D eigenvalue weighted by molar-refractivity contribution is 5.92. The number of nitrogens with zero attached hydrogens (tertiary/aromatic N) is 2. The first-order chi connectivity index (χ1) is 6.36. The Bertz CT molecular complexity index is 354. The van der Waals surface area contributed by atoms with Gasteiger partial charge in [-0.05, 0) is 6.07 Å². The van der Waals surface area contributed by atoms with E-state index in [0.717, 1.165) is 17.7 Å². The summed E-state index contributed by atoms with van der Waals surface area (Å²) in [6.45, 7) is 0.739. The van der Waals surface area contributed by atoms with Gasteiger partial charge in [-0.3, -0.25) is 9.48 Å². The zero-order chi connectivity index (χ0) is 10.9. The zero-order valence-corrected chi connectivity index (χ0v) is 8.14. The number of carbonyl (C=O) groups is 1. The van der Waals surface area contributed by atoms with Crippen molar-refractivity contribution in [2.24, 2.45) is 7.05 Å². The number of aromatic nitrogens is 2. The first kappa shape index (κ1) is 10.6. The number of carbonyl (C=O) groups excluding carboxylic acids is 1. The van der Waals surface area contributed by atoms with Crippen LogP contribution in [0.3, 0.4) is 0 Å². The van der Waals surface area contributed by atoms with Crippen molar-refractivity contribution < 1.29 is 13.6 Å². The average molecular weight is 203 g/mol. The van der Waals surface area contributed by atoms with Crippen molar-refractivity contribution >= 4 is 5.91 Å². The molecule has 0 aliphatic heterocycles. The molecule has 0 atom stereocenters. The summed E-state index contributed by atoms with van der Waals surface area (Å²) in [5, 5.41) is 5.90. The molecule has 6 heteroatoms. The van der Waals surface area contributed by atoms with E-state index < -0.39 is 17.5 Å². The lowest BCUT2D eigenvalue weighted by atomic mass is 10.2. The fourth-order valence-electron chi connectivity index (χ4n) is 1.02. The largest absolute Gasteiger partial charge is 0.354 e. The van der Waals surface area contributed by atoms with Crippen LogP contribution in [0.5, 0.6) is 0 Å². The van der Waals surface area contributed by atoms with Crippen LogP contribution in [0.1, 0.15) is 23.1 Å². The summed E-state index contributed by atoms with van der Waals surface area (Å²) in [7, 11) is 2.87. The smallest absolute Gasteiger partial charge is 0.288 e. The Hall–Kier alpha value is -1.46. The van der Waals surface area contributed by atoms with Gasteiger partial charge in [0, 0.05) is 21.0 Å². The molecular weight excluding hydrogens is 192 g/mol. The van der Waals surface area contributed by atoms with Crippen molar-refractivity contribution in [2.45, 2.75) is 12.8 Å². The van der Waals surface area contributed by atoms with Crippen LogP contribution in [0.25, 0.3) is 0 Å². The molecule has 0 aromatic carbocycles. The summed E-state index contributed by atoms with van der Waals surface area (Å²) < 4.78 is 26.7. The molecule has 1 aromatic rings.